The van der Waals surface area contributed by atoms with E-state index in [-0.39, 0.29) is 0 Å². The molecule has 1 aromatic rings. The molecule has 0 amide bonds. The Hall–Kier alpha value is -1.08. The second-order valence-electron chi connectivity index (χ2n) is 4.13. The molecule has 1 rings (SSSR count). The first kappa shape index (κ1) is 13.0. The Morgan fingerprint density at radius 1 is 1.25 bits per heavy atom. The normalized spacial score (nSPS) is 11.8. The van der Waals surface area contributed by atoms with Crippen molar-refractivity contribution in [2.75, 3.05) is 6.61 Å². The Morgan fingerprint density at radius 2 is 2.00 bits per heavy atom. The fourth-order valence-electron chi connectivity index (χ4n) is 1.65. The Kier molecular flexibility index (Phi) is 6.59. The molecule has 1 aromatic carbocycles. The zero-order valence-electron chi connectivity index (χ0n) is 10.4. The van der Waals surface area contributed by atoms with E-state index in [0.29, 0.717) is 0 Å². The van der Waals surface area contributed by atoms with Crippen molar-refractivity contribution in [1.29, 1.82) is 0 Å². The van der Waals surface area contributed by atoms with Gasteiger partial charge in [-0.15, -0.1) is 0 Å². The van der Waals surface area contributed by atoms with E-state index in [2.05, 4.69) is 32.1 Å². The molecule has 0 bridgehead atoms. The van der Waals surface area contributed by atoms with Crippen molar-refractivity contribution in [3.63, 3.8) is 0 Å². The summed E-state index contributed by atoms with van der Waals surface area (Å²) in [4.78, 5) is 0. The molecule has 0 heterocycles. The van der Waals surface area contributed by atoms with Gasteiger partial charge >= 0.3 is 0 Å². The number of benzene rings is 1. The zero-order valence-corrected chi connectivity index (χ0v) is 10.4. The van der Waals surface area contributed by atoms with Crippen LogP contribution in [0.4, 0.5) is 0 Å². The highest BCUT2D eigenvalue weighted by atomic mass is 16.5. The lowest BCUT2D eigenvalue weighted by molar-refractivity contribution is 0.125. The topological polar surface area (TPSA) is 9.23 Å². The van der Waals surface area contributed by atoms with Crippen LogP contribution in [0.3, 0.4) is 0 Å². The highest BCUT2D eigenvalue weighted by molar-refractivity contribution is 5.13. The summed E-state index contributed by atoms with van der Waals surface area (Å²) >= 11 is 0. The van der Waals surface area contributed by atoms with Crippen molar-refractivity contribution < 1.29 is 4.74 Å². The molecule has 1 heteroatoms. The molecular weight excluding hydrogens is 196 g/mol. The molecular formula is C15H22O. The number of hydrogen-bond acceptors (Lipinski definition) is 1. The molecule has 0 aromatic heterocycles. The summed E-state index contributed by atoms with van der Waals surface area (Å²) < 4.78 is 5.60. The van der Waals surface area contributed by atoms with E-state index < -0.39 is 0 Å². The van der Waals surface area contributed by atoms with Crippen molar-refractivity contribution in [2.24, 2.45) is 0 Å². The first-order valence-electron chi connectivity index (χ1n) is 6.10. The summed E-state index contributed by atoms with van der Waals surface area (Å²) in [6, 6.07) is 10.3. The molecule has 0 spiro atoms. The van der Waals surface area contributed by atoms with Crippen molar-refractivity contribution in [1.82, 2.24) is 0 Å². The van der Waals surface area contributed by atoms with Crippen molar-refractivity contribution >= 4 is 0 Å². The van der Waals surface area contributed by atoms with Crippen molar-refractivity contribution in [3.05, 3.63) is 47.5 Å². The minimum absolute atomic E-state index is 0.724. The van der Waals surface area contributed by atoms with Gasteiger partial charge in [-0.1, -0.05) is 55.3 Å². The van der Waals surface area contributed by atoms with Gasteiger partial charge in [0.25, 0.3) is 0 Å². The minimum atomic E-state index is 0.724. The molecule has 0 radical (unpaired) electrons. The molecule has 0 saturated heterocycles. The number of ether oxygens (including phenoxy) is 1. The lowest BCUT2D eigenvalue weighted by Gasteiger charge is -2.03. The molecule has 0 unspecified atom stereocenters. The van der Waals surface area contributed by atoms with Crippen LogP contribution in [0.25, 0.3) is 0 Å². The minimum Gasteiger partial charge on any atom is -0.376 e. The van der Waals surface area contributed by atoms with Crippen molar-refractivity contribution in [2.45, 2.75) is 39.7 Å². The second kappa shape index (κ2) is 8.12. The molecule has 16 heavy (non-hydrogen) atoms. The summed E-state index contributed by atoms with van der Waals surface area (Å²) in [5, 5.41) is 0. The molecule has 0 aliphatic rings. The van der Waals surface area contributed by atoms with Crippen LogP contribution in [-0.2, 0) is 11.3 Å². The quantitative estimate of drug-likeness (QED) is 0.488. The SMILES string of the molecule is CCC/C(C)=C/CCOCc1ccccc1. The fraction of sp³-hybridized carbons (Fsp3) is 0.467. The van der Waals surface area contributed by atoms with Crippen LogP contribution in [0.1, 0.15) is 38.7 Å². The Morgan fingerprint density at radius 3 is 2.69 bits per heavy atom. The Balaban J connectivity index is 2.11. The van der Waals surface area contributed by atoms with E-state index in [1.807, 2.05) is 18.2 Å². The highest BCUT2D eigenvalue weighted by Crippen LogP contribution is 2.05. The Bertz CT molecular complexity index is 300. The third-order valence-corrected chi connectivity index (χ3v) is 2.51. The summed E-state index contributed by atoms with van der Waals surface area (Å²) in [6.07, 6.45) is 5.75. The highest BCUT2D eigenvalue weighted by Gasteiger charge is 1.91. The maximum absolute atomic E-state index is 5.60. The number of hydrogen-bond donors (Lipinski definition) is 0. The monoisotopic (exact) mass is 218 g/mol. The predicted octanol–water partition coefficient (Wildman–Crippen LogP) is 4.34. The van der Waals surface area contributed by atoms with E-state index in [1.54, 1.807) is 0 Å². The smallest absolute Gasteiger partial charge is 0.0717 e. The van der Waals surface area contributed by atoms with Crippen molar-refractivity contribution in [3.8, 4) is 0 Å². The van der Waals surface area contributed by atoms with Gasteiger partial charge in [-0.05, 0) is 25.3 Å². The van der Waals surface area contributed by atoms with Gasteiger partial charge in [-0.2, -0.15) is 0 Å². The van der Waals surface area contributed by atoms with Crippen LogP contribution in [-0.4, -0.2) is 6.61 Å². The molecule has 88 valence electrons. The first-order valence-corrected chi connectivity index (χ1v) is 6.10. The van der Waals surface area contributed by atoms with Crippen LogP contribution >= 0.6 is 0 Å². The van der Waals surface area contributed by atoms with Gasteiger partial charge in [0.05, 0.1) is 13.2 Å². The number of allylic oxidation sites excluding steroid dienone is 1. The molecule has 0 N–H and O–H groups in total. The van der Waals surface area contributed by atoms with Gasteiger partial charge in [0, 0.05) is 0 Å². The average Bonchev–Trinajstić information content (AvgIpc) is 2.30. The fourth-order valence-corrected chi connectivity index (χ4v) is 1.65. The summed E-state index contributed by atoms with van der Waals surface area (Å²) in [6.45, 7) is 5.95. The number of rotatable bonds is 7. The van der Waals surface area contributed by atoms with Gasteiger partial charge < -0.3 is 4.74 Å². The van der Waals surface area contributed by atoms with E-state index in [1.165, 1.54) is 24.0 Å². The maximum Gasteiger partial charge on any atom is 0.0717 e. The summed E-state index contributed by atoms with van der Waals surface area (Å²) in [5.41, 5.74) is 2.72. The largest absolute Gasteiger partial charge is 0.376 e. The van der Waals surface area contributed by atoms with E-state index in [4.69, 9.17) is 4.74 Å². The Labute approximate surface area is 99.1 Å². The predicted molar refractivity (Wildman–Crippen MR) is 69.4 cm³/mol. The second-order valence-corrected chi connectivity index (χ2v) is 4.13. The van der Waals surface area contributed by atoms with Crippen LogP contribution in [0.15, 0.2) is 42.0 Å². The zero-order chi connectivity index (χ0) is 11.6. The average molecular weight is 218 g/mol. The summed E-state index contributed by atoms with van der Waals surface area (Å²) in [7, 11) is 0. The van der Waals surface area contributed by atoms with Gasteiger partial charge in [0.15, 0.2) is 0 Å². The van der Waals surface area contributed by atoms with Gasteiger partial charge in [-0.3, -0.25) is 0 Å². The summed E-state index contributed by atoms with van der Waals surface area (Å²) in [5.74, 6) is 0. The molecule has 0 saturated carbocycles. The van der Waals surface area contributed by atoms with Gasteiger partial charge in [-0.25, -0.2) is 0 Å². The van der Waals surface area contributed by atoms with E-state index >= 15 is 0 Å². The standard InChI is InChI=1S/C15H22O/c1-3-8-14(2)9-7-12-16-13-15-10-5-4-6-11-15/h4-6,9-11H,3,7-8,12-13H2,1-2H3/b14-9+. The third kappa shape index (κ3) is 5.72. The third-order valence-electron chi connectivity index (χ3n) is 2.51. The lowest BCUT2D eigenvalue weighted by Crippen LogP contribution is -1.94. The molecule has 0 fully saturated rings. The molecule has 0 aliphatic carbocycles. The van der Waals surface area contributed by atoms with Crippen LogP contribution in [0, 0.1) is 0 Å². The molecule has 1 nitrogen and oxygen atoms in total. The van der Waals surface area contributed by atoms with Crippen LogP contribution in [0.2, 0.25) is 0 Å². The van der Waals surface area contributed by atoms with E-state index in [0.717, 1.165) is 19.6 Å². The molecule has 0 aliphatic heterocycles. The lowest BCUT2D eigenvalue weighted by atomic mass is 10.1. The van der Waals surface area contributed by atoms with Gasteiger partial charge in [0.1, 0.15) is 0 Å². The van der Waals surface area contributed by atoms with E-state index in [9.17, 15) is 0 Å². The van der Waals surface area contributed by atoms with Crippen LogP contribution < -0.4 is 0 Å². The van der Waals surface area contributed by atoms with Crippen LogP contribution in [0.5, 0.6) is 0 Å². The first-order chi connectivity index (χ1) is 7.83. The molecule has 0 atom stereocenters. The maximum atomic E-state index is 5.60. The van der Waals surface area contributed by atoms with Gasteiger partial charge in [0.2, 0.25) is 0 Å².